The number of carbonyl (C=O) groups excluding carboxylic acids is 2. The van der Waals surface area contributed by atoms with Crippen molar-refractivity contribution in [3.8, 4) is 0 Å². The van der Waals surface area contributed by atoms with Gasteiger partial charge in [-0.3, -0.25) is 4.79 Å². The van der Waals surface area contributed by atoms with Crippen LogP contribution in [0.2, 0.25) is 5.15 Å². The van der Waals surface area contributed by atoms with Crippen LogP contribution in [0, 0.1) is 12.8 Å². The fourth-order valence-electron chi connectivity index (χ4n) is 3.17. The molecule has 0 fully saturated rings. The van der Waals surface area contributed by atoms with E-state index in [4.69, 9.17) is 11.6 Å². The summed E-state index contributed by atoms with van der Waals surface area (Å²) < 4.78 is 1.84. The van der Waals surface area contributed by atoms with Crippen molar-refractivity contribution in [2.45, 2.75) is 26.2 Å². The molecule has 0 aliphatic carbocycles. The summed E-state index contributed by atoms with van der Waals surface area (Å²) >= 11 is 6.01. The summed E-state index contributed by atoms with van der Waals surface area (Å²) in [5, 5.41) is 3.27. The quantitative estimate of drug-likeness (QED) is 0.365. The number of carbonyl (C=O) groups is 2. The number of benzene rings is 1. The molecule has 3 rings (SSSR count). The monoisotopic (exact) mass is 383 g/mol. The number of hydrogen-bond acceptors (Lipinski definition) is 3. The van der Waals surface area contributed by atoms with Crippen molar-refractivity contribution in [3.63, 3.8) is 0 Å². The molecule has 0 saturated carbocycles. The number of aldehydes is 1. The molecule has 0 radical (unpaired) electrons. The first kappa shape index (κ1) is 19.1. The van der Waals surface area contributed by atoms with Crippen molar-refractivity contribution in [1.82, 2.24) is 14.7 Å². The molecule has 0 aliphatic rings. The summed E-state index contributed by atoms with van der Waals surface area (Å²) in [6.45, 7) is 2.42. The molecule has 1 unspecified atom stereocenters. The van der Waals surface area contributed by atoms with Crippen molar-refractivity contribution in [2.75, 3.05) is 6.54 Å². The largest absolute Gasteiger partial charge is 0.352 e. The number of amides is 1. The number of aryl methyl sites for hydroxylation is 1. The van der Waals surface area contributed by atoms with E-state index in [-0.39, 0.29) is 11.8 Å². The third kappa shape index (κ3) is 4.74. The van der Waals surface area contributed by atoms with Gasteiger partial charge in [0.15, 0.2) is 5.65 Å². The predicted molar refractivity (Wildman–Crippen MR) is 106 cm³/mol. The Morgan fingerprint density at radius 3 is 2.81 bits per heavy atom. The fourth-order valence-corrected chi connectivity index (χ4v) is 3.41. The molecule has 1 amide bonds. The maximum atomic E-state index is 12.5. The van der Waals surface area contributed by atoms with Crippen molar-refractivity contribution >= 4 is 29.4 Å². The van der Waals surface area contributed by atoms with Crippen LogP contribution in [0.1, 0.15) is 34.5 Å². The van der Waals surface area contributed by atoms with Gasteiger partial charge in [-0.1, -0.05) is 41.9 Å². The fraction of sp³-hybridized carbons (Fsp3) is 0.286. The highest BCUT2D eigenvalue weighted by molar-refractivity contribution is 6.29. The third-order valence-corrected chi connectivity index (χ3v) is 4.79. The molecule has 0 aliphatic heterocycles. The number of aromatic nitrogens is 2. The van der Waals surface area contributed by atoms with Gasteiger partial charge in [-0.2, -0.15) is 0 Å². The second-order valence-electron chi connectivity index (χ2n) is 6.63. The van der Waals surface area contributed by atoms with Gasteiger partial charge >= 0.3 is 0 Å². The number of hydrogen-bond donors (Lipinski definition) is 1. The Kier molecular flexibility index (Phi) is 6.24. The van der Waals surface area contributed by atoms with Crippen molar-refractivity contribution < 1.29 is 9.59 Å². The average molecular weight is 384 g/mol. The molecular formula is C21H22ClN3O2. The van der Waals surface area contributed by atoms with Crippen molar-refractivity contribution in [3.05, 3.63) is 70.6 Å². The number of fused-ring (bicyclic) bond motifs is 1. The summed E-state index contributed by atoms with van der Waals surface area (Å²) in [6.07, 6.45) is 5.01. The topological polar surface area (TPSA) is 63.5 Å². The summed E-state index contributed by atoms with van der Waals surface area (Å²) in [6, 6.07) is 13.5. The molecule has 5 nitrogen and oxygen atoms in total. The number of halogens is 1. The minimum atomic E-state index is -0.183. The van der Waals surface area contributed by atoms with Gasteiger partial charge in [0, 0.05) is 24.4 Å². The first-order valence-corrected chi connectivity index (χ1v) is 9.38. The smallest absolute Gasteiger partial charge is 0.255 e. The normalized spacial score (nSPS) is 12.1. The van der Waals surface area contributed by atoms with Crippen molar-refractivity contribution in [1.29, 1.82) is 0 Å². The van der Waals surface area contributed by atoms with E-state index in [1.165, 1.54) is 0 Å². The second kappa shape index (κ2) is 8.82. The first-order valence-electron chi connectivity index (χ1n) is 9.00. The number of rotatable bonds is 8. The average Bonchev–Trinajstić information content (AvgIpc) is 3.09. The lowest BCUT2D eigenvalue weighted by Gasteiger charge is -2.11. The van der Waals surface area contributed by atoms with Gasteiger partial charge in [-0.25, -0.2) is 4.98 Å². The van der Waals surface area contributed by atoms with Gasteiger partial charge in [0.25, 0.3) is 5.91 Å². The molecule has 2 heterocycles. The van der Waals surface area contributed by atoms with E-state index in [9.17, 15) is 9.59 Å². The van der Waals surface area contributed by atoms with Gasteiger partial charge in [0.1, 0.15) is 11.4 Å². The molecule has 0 saturated heterocycles. The van der Waals surface area contributed by atoms with Crippen LogP contribution in [0.15, 0.2) is 48.7 Å². The van der Waals surface area contributed by atoms with Gasteiger partial charge in [0.05, 0.1) is 5.56 Å². The third-order valence-electron chi connectivity index (χ3n) is 4.60. The number of nitrogens with one attached hydrogen (secondary N) is 1. The van der Waals surface area contributed by atoms with Crippen LogP contribution in [0.25, 0.3) is 5.65 Å². The van der Waals surface area contributed by atoms with Gasteiger partial charge in [-0.05, 0) is 43.9 Å². The zero-order valence-corrected chi connectivity index (χ0v) is 15.9. The van der Waals surface area contributed by atoms with Crippen molar-refractivity contribution in [2.24, 2.45) is 5.92 Å². The Labute approximate surface area is 163 Å². The molecule has 2 aromatic heterocycles. The lowest BCUT2D eigenvalue weighted by atomic mass is 9.96. The minimum Gasteiger partial charge on any atom is -0.352 e. The zero-order valence-electron chi connectivity index (χ0n) is 15.2. The van der Waals surface area contributed by atoms with E-state index in [1.807, 2.05) is 47.9 Å². The predicted octanol–water partition coefficient (Wildman–Crippen LogP) is 3.86. The van der Waals surface area contributed by atoms with Crippen LogP contribution >= 0.6 is 11.6 Å². The number of nitrogens with zero attached hydrogens (tertiary/aromatic N) is 2. The molecule has 3 aromatic rings. The van der Waals surface area contributed by atoms with E-state index in [0.29, 0.717) is 22.9 Å². The highest BCUT2D eigenvalue weighted by atomic mass is 35.5. The van der Waals surface area contributed by atoms with Gasteiger partial charge in [-0.15, -0.1) is 0 Å². The van der Waals surface area contributed by atoms with Crippen LogP contribution < -0.4 is 5.32 Å². The summed E-state index contributed by atoms with van der Waals surface area (Å²) in [5.74, 6) is -0.222. The minimum absolute atomic E-state index is 0.0391. The highest BCUT2D eigenvalue weighted by Crippen LogP contribution is 2.17. The van der Waals surface area contributed by atoms with Crippen LogP contribution in [-0.2, 0) is 11.2 Å². The molecule has 1 aromatic carbocycles. The van der Waals surface area contributed by atoms with Gasteiger partial charge in [0.2, 0.25) is 0 Å². The lowest BCUT2D eigenvalue weighted by Crippen LogP contribution is -2.25. The Hall–Kier alpha value is -2.66. The molecule has 0 spiro atoms. The second-order valence-corrected chi connectivity index (χ2v) is 7.01. The van der Waals surface area contributed by atoms with Crippen LogP contribution in [0.4, 0.5) is 0 Å². The zero-order chi connectivity index (χ0) is 19.2. The molecule has 0 bridgehead atoms. The molecular weight excluding hydrogens is 362 g/mol. The molecule has 1 atom stereocenters. The van der Waals surface area contributed by atoms with Crippen LogP contribution in [-0.4, -0.2) is 28.1 Å². The van der Waals surface area contributed by atoms with Crippen LogP contribution in [0.3, 0.4) is 0 Å². The van der Waals surface area contributed by atoms with E-state index < -0.39 is 0 Å². The Bertz CT molecular complexity index is 937. The van der Waals surface area contributed by atoms with Gasteiger partial charge < -0.3 is 14.5 Å². The summed E-state index contributed by atoms with van der Waals surface area (Å²) in [5.41, 5.74) is 3.11. The lowest BCUT2D eigenvalue weighted by molar-refractivity contribution is -0.111. The maximum absolute atomic E-state index is 12.5. The van der Waals surface area contributed by atoms with E-state index >= 15 is 0 Å². The van der Waals surface area contributed by atoms with E-state index in [0.717, 1.165) is 36.8 Å². The molecule has 140 valence electrons. The molecule has 27 heavy (non-hydrogen) atoms. The standard InChI is InChI=1S/C21H22ClN3O2/c1-15-12-19(22)24-20-18(9-11-25(15)20)21(27)23-10-5-8-17(14-26)13-16-6-3-2-4-7-16/h2-4,6-7,9,11-12,14,17H,5,8,10,13H2,1H3,(H,23,27). The van der Waals surface area contributed by atoms with Crippen LogP contribution in [0.5, 0.6) is 0 Å². The summed E-state index contributed by atoms with van der Waals surface area (Å²) in [4.78, 5) is 28.0. The Balaban J connectivity index is 1.53. The SMILES string of the molecule is Cc1cc(Cl)nc2c(C(=O)NCCCC(C=O)Cc3ccccc3)ccn12. The molecule has 6 heteroatoms. The summed E-state index contributed by atoms with van der Waals surface area (Å²) in [7, 11) is 0. The molecule has 1 N–H and O–H groups in total. The first-order chi connectivity index (χ1) is 13.1. The maximum Gasteiger partial charge on any atom is 0.255 e. The Morgan fingerprint density at radius 1 is 1.30 bits per heavy atom. The van der Waals surface area contributed by atoms with E-state index in [1.54, 1.807) is 12.1 Å². The van der Waals surface area contributed by atoms with E-state index in [2.05, 4.69) is 10.3 Å². The highest BCUT2D eigenvalue weighted by Gasteiger charge is 2.14. The Morgan fingerprint density at radius 2 is 2.07 bits per heavy atom.